The van der Waals surface area contributed by atoms with Crippen LogP contribution in [0.25, 0.3) is 11.3 Å². The second-order valence-corrected chi connectivity index (χ2v) is 6.94. The molecule has 2 heterocycles. The average molecular weight is 397 g/mol. The maximum Gasteiger partial charge on any atom is 0.255 e. The number of amides is 1. The molecule has 0 radical (unpaired) electrons. The molecule has 1 fully saturated rings. The van der Waals surface area contributed by atoms with E-state index in [0.29, 0.717) is 24.7 Å². The van der Waals surface area contributed by atoms with Crippen LogP contribution in [0.5, 0.6) is 0 Å². The van der Waals surface area contributed by atoms with Gasteiger partial charge < -0.3 is 10.6 Å². The maximum absolute atomic E-state index is 12.9. The minimum absolute atomic E-state index is 0. The lowest BCUT2D eigenvalue weighted by atomic mass is 10.1. The number of hydrogen-bond acceptors (Lipinski definition) is 3. The fourth-order valence-corrected chi connectivity index (χ4v) is 3.49. The fraction of sp³-hybridized carbons (Fsp3) is 0.273. The number of carbonyl (C=O) groups is 1. The largest absolute Gasteiger partial charge is 0.350 e. The molecule has 1 saturated heterocycles. The van der Waals surface area contributed by atoms with Crippen molar-refractivity contribution in [3.8, 4) is 11.3 Å². The molecule has 0 saturated carbocycles. The van der Waals surface area contributed by atoms with Crippen LogP contribution in [-0.4, -0.2) is 34.8 Å². The maximum atomic E-state index is 12.9. The molecular formula is C22H25ClN4O. The van der Waals surface area contributed by atoms with Crippen molar-refractivity contribution < 1.29 is 4.79 Å². The van der Waals surface area contributed by atoms with E-state index in [0.717, 1.165) is 29.8 Å². The van der Waals surface area contributed by atoms with Crippen LogP contribution in [0.15, 0.2) is 66.9 Å². The first-order valence-corrected chi connectivity index (χ1v) is 9.48. The van der Waals surface area contributed by atoms with Crippen molar-refractivity contribution in [3.63, 3.8) is 0 Å². The molecule has 6 heteroatoms. The molecule has 0 aliphatic carbocycles. The summed E-state index contributed by atoms with van der Waals surface area (Å²) in [5.41, 5.74) is 3.45. The molecular weight excluding hydrogens is 372 g/mol. The Labute approximate surface area is 171 Å². The minimum atomic E-state index is -0.0677. The van der Waals surface area contributed by atoms with Crippen molar-refractivity contribution in [2.24, 2.45) is 0 Å². The first-order valence-electron chi connectivity index (χ1n) is 9.48. The molecule has 146 valence electrons. The number of carbonyl (C=O) groups excluding carboxylic acids is 1. The number of aromatic nitrogens is 2. The zero-order valence-corrected chi connectivity index (χ0v) is 16.5. The number of halogens is 1. The minimum Gasteiger partial charge on any atom is -0.350 e. The highest BCUT2D eigenvalue weighted by Crippen LogP contribution is 2.22. The van der Waals surface area contributed by atoms with E-state index in [1.165, 1.54) is 6.42 Å². The Morgan fingerprint density at radius 3 is 2.50 bits per heavy atom. The van der Waals surface area contributed by atoms with Gasteiger partial charge in [-0.25, -0.2) is 0 Å². The Morgan fingerprint density at radius 1 is 1.11 bits per heavy atom. The van der Waals surface area contributed by atoms with Crippen molar-refractivity contribution in [2.75, 3.05) is 13.1 Å². The van der Waals surface area contributed by atoms with Gasteiger partial charge in [-0.3, -0.25) is 9.48 Å². The van der Waals surface area contributed by atoms with E-state index in [-0.39, 0.29) is 18.3 Å². The van der Waals surface area contributed by atoms with Crippen molar-refractivity contribution in [2.45, 2.75) is 25.4 Å². The van der Waals surface area contributed by atoms with Crippen LogP contribution in [-0.2, 0) is 6.54 Å². The summed E-state index contributed by atoms with van der Waals surface area (Å²) in [4.78, 5) is 12.9. The Kier molecular flexibility index (Phi) is 6.85. The van der Waals surface area contributed by atoms with E-state index in [9.17, 15) is 4.79 Å². The summed E-state index contributed by atoms with van der Waals surface area (Å²) >= 11 is 0. The number of hydrogen-bond donors (Lipinski definition) is 2. The highest BCUT2D eigenvalue weighted by Gasteiger charge is 2.20. The molecule has 2 aromatic carbocycles. The van der Waals surface area contributed by atoms with Crippen LogP contribution in [0, 0.1) is 0 Å². The van der Waals surface area contributed by atoms with Gasteiger partial charge in [0.05, 0.1) is 12.1 Å². The topological polar surface area (TPSA) is 59.0 Å². The molecule has 1 amide bonds. The average Bonchev–Trinajstić information content (AvgIpc) is 3.38. The van der Waals surface area contributed by atoms with Gasteiger partial charge in [-0.05, 0) is 24.9 Å². The molecule has 1 aliphatic heterocycles. The number of rotatable bonds is 6. The fourth-order valence-electron chi connectivity index (χ4n) is 3.49. The van der Waals surface area contributed by atoms with Gasteiger partial charge >= 0.3 is 0 Å². The van der Waals surface area contributed by atoms with Gasteiger partial charge in [-0.1, -0.05) is 60.7 Å². The number of nitrogens with zero attached hydrogens (tertiary/aromatic N) is 2. The summed E-state index contributed by atoms with van der Waals surface area (Å²) in [6.45, 7) is 2.32. The Balaban J connectivity index is 0.00000225. The first-order chi connectivity index (χ1) is 13.3. The second kappa shape index (κ2) is 9.53. The van der Waals surface area contributed by atoms with E-state index in [1.807, 2.05) is 59.4 Å². The summed E-state index contributed by atoms with van der Waals surface area (Å²) in [7, 11) is 0. The standard InChI is InChI=1S/C22H24N4O.ClH/c27-22(24-14-19-12-7-13-23-19)20-16-26(15-17-8-3-1-4-9-17)25-21(20)18-10-5-2-6-11-18;/h1-6,8-11,16,19,23H,7,12-15H2,(H,24,27);1H. The molecule has 1 unspecified atom stereocenters. The van der Waals surface area contributed by atoms with Crippen molar-refractivity contribution in [3.05, 3.63) is 78.0 Å². The monoisotopic (exact) mass is 396 g/mol. The van der Waals surface area contributed by atoms with Gasteiger partial charge in [0.15, 0.2) is 0 Å². The highest BCUT2D eigenvalue weighted by atomic mass is 35.5. The lowest BCUT2D eigenvalue weighted by Gasteiger charge is -2.11. The lowest BCUT2D eigenvalue weighted by Crippen LogP contribution is -2.37. The molecule has 28 heavy (non-hydrogen) atoms. The third-order valence-corrected chi connectivity index (χ3v) is 4.91. The molecule has 5 nitrogen and oxygen atoms in total. The predicted octanol–water partition coefficient (Wildman–Crippen LogP) is 3.50. The third-order valence-electron chi connectivity index (χ3n) is 4.91. The SMILES string of the molecule is Cl.O=C(NCC1CCCN1)c1cn(Cc2ccccc2)nc1-c1ccccc1. The van der Waals surface area contributed by atoms with Gasteiger partial charge in [-0.2, -0.15) is 5.10 Å². The van der Waals surface area contributed by atoms with Gasteiger partial charge in [-0.15, -0.1) is 12.4 Å². The summed E-state index contributed by atoms with van der Waals surface area (Å²) < 4.78 is 1.85. The first kappa shape index (κ1) is 20.1. The van der Waals surface area contributed by atoms with Crippen LogP contribution in [0.4, 0.5) is 0 Å². The Hall–Kier alpha value is -2.63. The summed E-state index contributed by atoms with van der Waals surface area (Å²) in [6.07, 6.45) is 4.14. The van der Waals surface area contributed by atoms with E-state index in [1.54, 1.807) is 0 Å². The number of benzene rings is 2. The van der Waals surface area contributed by atoms with E-state index in [4.69, 9.17) is 5.10 Å². The van der Waals surface area contributed by atoms with Crippen LogP contribution < -0.4 is 10.6 Å². The van der Waals surface area contributed by atoms with Gasteiger partial charge in [0.1, 0.15) is 5.69 Å². The molecule has 2 N–H and O–H groups in total. The summed E-state index contributed by atoms with van der Waals surface area (Å²) in [5, 5.41) is 11.2. The summed E-state index contributed by atoms with van der Waals surface area (Å²) in [5.74, 6) is -0.0677. The van der Waals surface area contributed by atoms with E-state index < -0.39 is 0 Å². The third kappa shape index (κ3) is 4.80. The molecule has 1 atom stereocenters. The van der Waals surface area contributed by atoms with Gasteiger partial charge in [0.2, 0.25) is 0 Å². The quantitative estimate of drug-likeness (QED) is 0.670. The Bertz CT molecular complexity index is 889. The predicted molar refractivity (Wildman–Crippen MR) is 114 cm³/mol. The molecule has 0 spiro atoms. The second-order valence-electron chi connectivity index (χ2n) is 6.94. The molecule has 0 bridgehead atoms. The van der Waals surface area contributed by atoms with Gasteiger partial charge in [0, 0.05) is 24.3 Å². The normalized spacial score (nSPS) is 15.8. The number of nitrogens with one attached hydrogen (secondary N) is 2. The zero-order chi connectivity index (χ0) is 18.5. The molecule has 3 aromatic rings. The van der Waals surface area contributed by atoms with Crippen LogP contribution >= 0.6 is 12.4 Å². The molecule has 1 aliphatic rings. The summed E-state index contributed by atoms with van der Waals surface area (Å²) in [6, 6.07) is 20.4. The zero-order valence-electron chi connectivity index (χ0n) is 15.7. The molecule has 4 rings (SSSR count). The van der Waals surface area contributed by atoms with E-state index >= 15 is 0 Å². The highest BCUT2D eigenvalue weighted by molar-refractivity contribution is 5.99. The van der Waals surface area contributed by atoms with Crippen LogP contribution in [0.3, 0.4) is 0 Å². The lowest BCUT2D eigenvalue weighted by molar-refractivity contribution is 0.0951. The van der Waals surface area contributed by atoms with Crippen molar-refractivity contribution in [1.82, 2.24) is 20.4 Å². The van der Waals surface area contributed by atoms with Crippen LogP contribution in [0.2, 0.25) is 0 Å². The van der Waals surface area contributed by atoms with Crippen LogP contribution in [0.1, 0.15) is 28.8 Å². The Morgan fingerprint density at radius 2 is 1.82 bits per heavy atom. The smallest absolute Gasteiger partial charge is 0.255 e. The van der Waals surface area contributed by atoms with Crippen molar-refractivity contribution >= 4 is 18.3 Å². The molecule has 1 aromatic heterocycles. The van der Waals surface area contributed by atoms with Gasteiger partial charge in [0.25, 0.3) is 5.91 Å². The van der Waals surface area contributed by atoms with E-state index in [2.05, 4.69) is 22.8 Å². The van der Waals surface area contributed by atoms with Crippen molar-refractivity contribution in [1.29, 1.82) is 0 Å².